The number of carboxylic acids is 1. The first-order chi connectivity index (χ1) is 14.6. The van der Waals surface area contributed by atoms with Crippen molar-refractivity contribution >= 4 is 23.9 Å². The molecule has 0 fully saturated rings. The van der Waals surface area contributed by atoms with Gasteiger partial charge in [-0.1, -0.05) is 19.7 Å². The fraction of sp³-hybridized carbons (Fsp3) is 0.545. The summed E-state index contributed by atoms with van der Waals surface area (Å²) in [6.07, 6.45) is -2.87. The number of esters is 3. The molecule has 0 bridgehead atoms. The highest BCUT2D eigenvalue weighted by Crippen LogP contribution is 2.37. The number of aliphatic carboxylic acids is 1. The van der Waals surface area contributed by atoms with Crippen molar-refractivity contribution in [1.82, 2.24) is 0 Å². The molecule has 0 radical (unpaired) electrons. The largest absolute Gasteiger partial charge is 0.478 e. The molecule has 0 aliphatic heterocycles. The molecule has 0 heterocycles. The first kappa shape index (κ1) is 29.0. The summed E-state index contributed by atoms with van der Waals surface area (Å²) in [6.45, 7) is 14.6. The quantitative estimate of drug-likeness (QED) is 0.197. The average molecular weight is 456 g/mol. The molecule has 10 heteroatoms. The van der Waals surface area contributed by atoms with Crippen LogP contribution in [0.2, 0.25) is 0 Å². The minimum Gasteiger partial charge on any atom is -0.478 e. The van der Waals surface area contributed by atoms with Crippen LogP contribution >= 0.6 is 0 Å². The summed E-state index contributed by atoms with van der Waals surface area (Å²) in [7, 11) is 0. The van der Waals surface area contributed by atoms with Crippen LogP contribution in [0.25, 0.3) is 0 Å². The second kappa shape index (κ2) is 12.8. The number of carbonyl (C=O) groups excluding carboxylic acids is 3. The second-order valence-electron chi connectivity index (χ2n) is 8.00. The Morgan fingerprint density at radius 2 is 1.22 bits per heavy atom. The molecule has 180 valence electrons. The van der Waals surface area contributed by atoms with Crippen molar-refractivity contribution in [1.29, 1.82) is 0 Å². The topological polar surface area (TPSA) is 157 Å². The predicted octanol–water partition coefficient (Wildman–Crippen LogP) is 1.16. The van der Waals surface area contributed by atoms with Crippen molar-refractivity contribution in [3.63, 3.8) is 0 Å². The van der Waals surface area contributed by atoms with E-state index < -0.39 is 67.2 Å². The third kappa shape index (κ3) is 9.44. The summed E-state index contributed by atoms with van der Waals surface area (Å²) >= 11 is 0. The molecule has 0 aromatic carbocycles. The number of carboxylic acid groups (broad SMARTS) is 1. The SMILES string of the molecule is C=C(C)C(=O)OCC(O)COC(=O)C(C)(C)C(CC(O)COC(=O)C(=C)C)C(=C)C(=O)O. The van der Waals surface area contributed by atoms with Gasteiger partial charge in [-0.3, -0.25) is 4.79 Å². The van der Waals surface area contributed by atoms with E-state index in [1.165, 1.54) is 27.7 Å². The zero-order valence-corrected chi connectivity index (χ0v) is 18.9. The summed E-state index contributed by atoms with van der Waals surface area (Å²) in [6, 6.07) is 0. The van der Waals surface area contributed by atoms with Crippen LogP contribution in [-0.2, 0) is 33.4 Å². The summed E-state index contributed by atoms with van der Waals surface area (Å²) < 4.78 is 14.7. The first-order valence-corrected chi connectivity index (χ1v) is 9.71. The van der Waals surface area contributed by atoms with Gasteiger partial charge in [0, 0.05) is 22.6 Å². The zero-order chi connectivity index (χ0) is 25.2. The van der Waals surface area contributed by atoms with E-state index in [9.17, 15) is 34.5 Å². The lowest BCUT2D eigenvalue weighted by Crippen LogP contribution is -2.41. The molecular formula is C22H32O10. The molecule has 0 aromatic heterocycles. The molecule has 32 heavy (non-hydrogen) atoms. The van der Waals surface area contributed by atoms with Crippen LogP contribution in [0.3, 0.4) is 0 Å². The fourth-order valence-electron chi connectivity index (χ4n) is 2.50. The van der Waals surface area contributed by atoms with Gasteiger partial charge >= 0.3 is 23.9 Å². The second-order valence-corrected chi connectivity index (χ2v) is 8.00. The maximum Gasteiger partial charge on any atom is 0.333 e. The highest BCUT2D eigenvalue weighted by molar-refractivity contribution is 5.89. The average Bonchev–Trinajstić information content (AvgIpc) is 2.70. The molecule has 0 aliphatic rings. The number of carbonyl (C=O) groups is 4. The Bertz CT molecular complexity index is 765. The Kier molecular flexibility index (Phi) is 11.6. The van der Waals surface area contributed by atoms with Crippen LogP contribution in [0.4, 0.5) is 0 Å². The number of hydrogen-bond donors (Lipinski definition) is 3. The Balaban J connectivity index is 5.17. The lowest BCUT2D eigenvalue weighted by molar-refractivity contribution is -0.162. The van der Waals surface area contributed by atoms with Crippen LogP contribution in [0.1, 0.15) is 34.1 Å². The van der Waals surface area contributed by atoms with Gasteiger partial charge < -0.3 is 29.5 Å². The van der Waals surface area contributed by atoms with Gasteiger partial charge in [-0.15, -0.1) is 0 Å². The third-order valence-corrected chi connectivity index (χ3v) is 4.52. The molecule has 0 saturated carbocycles. The Hall–Kier alpha value is -2.98. The van der Waals surface area contributed by atoms with Gasteiger partial charge in [-0.25, -0.2) is 14.4 Å². The molecule has 0 aromatic rings. The highest BCUT2D eigenvalue weighted by atomic mass is 16.6. The number of aliphatic hydroxyl groups excluding tert-OH is 2. The molecular weight excluding hydrogens is 424 g/mol. The Morgan fingerprint density at radius 3 is 1.62 bits per heavy atom. The van der Waals surface area contributed by atoms with Gasteiger partial charge in [0.05, 0.1) is 11.5 Å². The minimum atomic E-state index is -1.48. The smallest absolute Gasteiger partial charge is 0.333 e. The van der Waals surface area contributed by atoms with Gasteiger partial charge in [-0.05, 0) is 34.1 Å². The van der Waals surface area contributed by atoms with E-state index in [-0.39, 0.29) is 23.1 Å². The number of hydrogen-bond acceptors (Lipinski definition) is 9. The van der Waals surface area contributed by atoms with E-state index in [0.717, 1.165) is 0 Å². The summed E-state index contributed by atoms with van der Waals surface area (Å²) in [5.74, 6) is -4.79. The van der Waals surface area contributed by atoms with Crippen LogP contribution in [0.15, 0.2) is 36.5 Å². The summed E-state index contributed by atoms with van der Waals surface area (Å²) in [4.78, 5) is 47.0. The lowest BCUT2D eigenvalue weighted by atomic mass is 9.72. The normalized spacial score (nSPS) is 13.8. The monoisotopic (exact) mass is 456 g/mol. The fourth-order valence-corrected chi connectivity index (χ4v) is 2.50. The predicted molar refractivity (Wildman–Crippen MR) is 113 cm³/mol. The molecule has 0 saturated heterocycles. The third-order valence-electron chi connectivity index (χ3n) is 4.52. The first-order valence-electron chi connectivity index (χ1n) is 9.71. The van der Waals surface area contributed by atoms with Gasteiger partial charge in [0.2, 0.25) is 0 Å². The van der Waals surface area contributed by atoms with Crippen molar-refractivity contribution in [3.05, 3.63) is 36.5 Å². The number of ether oxygens (including phenoxy) is 3. The molecule has 3 atom stereocenters. The molecule has 0 aliphatic carbocycles. The van der Waals surface area contributed by atoms with Crippen LogP contribution < -0.4 is 0 Å². The van der Waals surface area contributed by atoms with Crippen LogP contribution in [0, 0.1) is 11.3 Å². The van der Waals surface area contributed by atoms with Crippen molar-refractivity contribution in [2.75, 3.05) is 19.8 Å². The van der Waals surface area contributed by atoms with Gasteiger partial charge in [-0.2, -0.15) is 0 Å². The van der Waals surface area contributed by atoms with Crippen molar-refractivity contribution < 1.29 is 48.7 Å². The standard InChI is InChI=1S/C22H32O10/c1-12(2)19(27)30-9-15(23)8-17(14(5)18(25)26)22(6,7)21(29)32-11-16(24)10-31-20(28)13(3)4/h15-17,23-24H,1,3,5,8-11H2,2,4,6-7H3,(H,25,26). The molecule has 0 amide bonds. The zero-order valence-electron chi connectivity index (χ0n) is 18.9. The van der Waals surface area contributed by atoms with Gasteiger partial charge in [0.15, 0.2) is 0 Å². The van der Waals surface area contributed by atoms with Gasteiger partial charge in [0.1, 0.15) is 25.9 Å². The Labute approximate surface area is 187 Å². The van der Waals surface area contributed by atoms with Crippen molar-refractivity contribution in [2.45, 2.75) is 46.3 Å². The maximum absolute atomic E-state index is 12.7. The van der Waals surface area contributed by atoms with E-state index in [0.29, 0.717) is 0 Å². The van der Waals surface area contributed by atoms with E-state index in [1.54, 1.807) is 0 Å². The lowest BCUT2D eigenvalue weighted by Gasteiger charge is -2.33. The van der Waals surface area contributed by atoms with Gasteiger partial charge in [0.25, 0.3) is 0 Å². The molecule has 3 unspecified atom stereocenters. The van der Waals surface area contributed by atoms with Crippen LogP contribution in [0.5, 0.6) is 0 Å². The molecule has 3 N–H and O–H groups in total. The molecule has 0 rings (SSSR count). The van der Waals surface area contributed by atoms with E-state index in [2.05, 4.69) is 19.7 Å². The van der Waals surface area contributed by atoms with Crippen molar-refractivity contribution in [3.8, 4) is 0 Å². The number of aliphatic hydroxyl groups is 2. The maximum atomic E-state index is 12.7. The molecule has 10 nitrogen and oxygen atoms in total. The molecule has 0 spiro atoms. The Morgan fingerprint density at radius 1 is 0.812 bits per heavy atom. The summed E-state index contributed by atoms with van der Waals surface area (Å²) in [5.41, 5.74) is -1.57. The van der Waals surface area contributed by atoms with E-state index in [4.69, 9.17) is 14.2 Å². The highest BCUT2D eigenvalue weighted by Gasteiger charge is 2.42. The minimum absolute atomic E-state index is 0.125. The van der Waals surface area contributed by atoms with Crippen LogP contribution in [-0.4, -0.2) is 71.2 Å². The van der Waals surface area contributed by atoms with Crippen molar-refractivity contribution in [2.24, 2.45) is 11.3 Å². The van der Waals surface area contributed by atoms with E-state index >= 15 is 0 Å². The summed E-state index contributed by atoms with van der Waals surface area (Å²) in [5, 5.41) is 29.4. The number of rotatable bonds is 14. The van der Waals surface area contributed by atoms with E-state index in [1.807, 2.05) is 0 Å².